The number of esters is 1. The van der Waals surface area contributed by atoms with Crippen molar-refractivity contribution in [2.45, 2.75) is 13.8 Å². The van der Waals surface area contributed by atoms with Gasteiger partial charge in [-0.05, 0) is 43.7 Å². The average Bonchev–Trinajstić information content (AvgIpc) is 2.55. The Morgan fingerprint density at radius 1 is 1.17 bits per heavy atom. The summed E-state index contributed by atoms with van der Waals surface area (Å²) < 4.78 is 10.3. The number of benzene rings is 2. The van der Waals surface area contributed by atoms with Crippen LogP contribution >= 0.6 is 0 Å². The van der Waals surface area contributed by atoms with Crippen LogP contribution in [0, 0.1) is 6.92 Å². The van der Waals surface area contributed by atoms with E-state index in [1.54, 1.807) is 37.3 Å². The number of nitrogens with one attached hydrogen (secondary N) is 1. The molecule has 0 aliphatic carbocycles. The van der Waals surface area contributed by atoms with Crippen LogP contribution in [0.4, 0.5) is 5.69 Å². The Morgan fingerprint density at radius 2 is 1.92 bits per heavy atom. The number of hydrogen-bond acceptors (Lipinski definition) is 5. The largest absolute Gasteiger partial charge is 0.507 e. The van der Waals surface area contributed by atoms with Crippen LogP contribution in [0.5, 0.6) is 11.5 Å². The second-order valence-corrected chi connectivity index (χ2v) is 5.07. The first kappa shape index (κ1) is 17.3. The van der Waals surface area contributed by atoms with E-state index in [9.17, 15) is 14.7 Å². The van der Waals surface area contributed by atoms with Crippen molar-refractivity contribution in [3.63, 3.8) is 0 Å². The Bertz CT molecular complexity index is 742. The van der Waals surface area contributed by atoms with E-state index >= 15 is 0 Å². The predicted octanol–water partition coefficient (Wildman–Crippen LogP) is 2.89. The van der Waals surface area contributed by atoms with Gasteiger partial charge in [-0.1, -0.05) is 18.2 Å². The van der Waals surface area contributed by atoms with Gasteiger partial charge in [-0.3, -0.25) is 4.79 Å². The van der Waals surface area contributed by atoms with Crippen LogP contribution in [-0.2, 0) is 9.53 Å². The van der Waals surface area contributed by atoms with Crippen LogP contribution in [0.3, 0.4) is 0 Å². The number of phenols is 1. The lowest BCUT2D eigenvalue weighted by Crippen LogP contribution is -2.21. The fourth-order valence-electron chi connectivity index (χ4n) is 2.06. The lowest BCUT2D eigenvalue weighted by atomic mass is 10.1. The number of anilines is 1. The van der Waals surface area contributed by atoms with Crippen LogP contribution in [0.15, 0.2) is 42.5 Å². The van der Waals surface area contributed by atoms with Crippen LogP contribution in [0.2, 0.25) is 0 Å². The van der Waals surface area contributed by atoms with Crippen molar-refractivity contribution in [3.05, 3.63) is 53.6 Å². The highest BCUT2D eigenvalue weighted by Crippen LogP contribution is 2.23. The van der Waals surface area contributed by atoms with Crippen molar-refractivity contribution in [3.8, 4) is 11.5 Å². The predicted molar refractivity (Wildman–Crippen MR) is 89.4 cm³/mol. The third kappa shape index (κ3) is 4.49. The van der Waals surface area contributed by atoms with Gasteiger partial charge in [0.25, 0.3) is 5.91 Å². The Labute approximate surface area is 140 Å². The quantitative estimate of drug-likeness (QED) is 0.796. The molecule has 1 amide bonds. The molecule has 0 spiro atoms. The van der Waals surface area contributed by atoms with Crippen molar-refractivity contribution in [2.24, 2.45) is 0 Å². The number of aryl methyl sites for hydroxylation is 1. The van der Waals surface area contributed by atoms with Gasteiger partial charge in [-0.15, -0.1) is 0 Å². The number of carbonyl (C=O) groups excluding carboxylic acids is 2. The lowest BCUT2D eigenvalue weighted by Gasteiger charge is -2.11. The number of aromatic hydroxyl groups is 1. The van der Waals surface area contributed by atoms with Crippen LogP contribution < -0.4 is 10.1 Å². The van der Waals surface area contributed by atoms with Crippen molar-refractivity contribution in [1.82, 2.24) is 0 Å². The number of para-hydroxylation sites is 2. The minimum Gasteiger partial charge on any atom is -0.507 e. The van der Waals surface area contributed by atoms with Gasteiger partial charge in [0.05, 0.1) is 12.3 Å². The third-order valence-corrected chi connectivity index (χ3v) is 3.17. The first-order valence-electron chi connectivity index (χ1n) is 7.49. The number of rotatable bonds is 6. The van der Waals surface area contributed by atoms with Crippen LogP contribution in [-0.4, -0.2) is 30.2 Å². The highest BCUT2D eigenvalue weighted by Gasteiger charge is 2.15. The summed E-state index contributed by atoms with van der Waals surface area (Å²) in [6.45, 7) is 3.63. The Hall–Kier alpha value is -3.02. The molecule has 6 heteroatoms. The maximum atomic E-state index is 11.9. The van der Waals surface area contributed by atoms with Gasteiger partial charge in [-0.2, -0.15) is 0 Å². The number of amides is 1. The minimum absolute atomic E-state index is 0.0168. The molecule has 2 aromatic carbocycles. The molecule has 0 aliphatic heterocycles. The SMILES string of the molecule is CCOc1ccccc1NC(=O)COC(=O)c1ccc(C)cc1O. The van der Waals surface area contributed by atoms with Gasteiger partial charge in [0.1, 0.15) is 17.1 Å². The monoisotopic (exact) mass is 329 g/mol. The summed E-state index contributed by atoms with van der Waals surface area (Å²) in [6.07, 6.45) is 0. The van der Waals surface area contributed by atoms with E-state index in [2.05, 4.69) is 5.32 Å². The molecule has 0 aromatic heterocycles. The van der Waals surface area contributed by atoms with E-state index in [4.69, 9.17) is 9.47 Å². The third-order valence-electron chi connectivity index (χ3n) is 3.17. The molecule has 6 nitrogen and oxygen atoms in total. The van der Waals surface area contributed by atoms with Crippen molar-refractivity contribution >= 4 is 17.6 Å². The maximum absolute atomic E-state index is 11.9. The summed E-state index contributed by atoms with van der Waals surface area (Å²) in [5.74, 6) is -0.902. The van der Waals surface area contributed by atoms with E-state index in [-0.39, 0.29) is 11.3 Å². The molecule has 0 atom stereocenters. The first-order valence-corrected chi connectivity index (χ1v) is 7.49. The molecule has 0 radical (unpaired) electrons. The fourth-order valence-corrected chi connectivity index (χ4v) is 2.06. The maximum Gasteiger partial charge on any atom is 0.342 e. The average molecular weight is 329 g/mol. The number of phenolic OH excluding ortho intramolecular Hbond substituents is 1. The molecule has 0 saturated carbocycles. The minimum atomic E-state index is -0.763. The molecule has 0 bridgehead atoms. The molecule has 24 heavy (non-hydrogen) atoms. The zero-order valence-corrected chi connectivity index (χ0v) is 13.5. The Morgan fingerprint density at radius 3 is 2.62 bits per heavy atom. The molecule has 126 valence electrons. The van der Waals surface area contributed by atoms with Crippen molar-refractivity contribution < 1.29 is 24.2 Å². The summed E-state index contributed by atoms with van der Waals surface area (Å²) in [5.41, 5.74) is 1.33. The molecule has 2 aromatic rings. The molecule has 0 saturated heterocycles. The summed E-state index contributed by atoms with van der Waals surface area (Å²) in [7, 11) is 0. The number of ether oxygens (including phenoxy) is 2. The first-order chi connectivity index (χ1) is 11.5. The van der Waals surface area contributed by atoms with Gasteiger partial charge < -0.3 is 19.9 Å². The summed E-state index contributed by atoms with van der Waals surface area (Å²) >= 11 is 0. The summed E-state index contributed by atoms with van der Waals surface area (Å²) in [5, 5.41) is 12.4. The Kier molecular flexibility index (Phi) is 5.78. The van der Waals surface area contributed by atoms with Gasteiger partial charge in [0.15, 0.2) is 6.61 Å². The smallest absolute Gasteiger partial charge is 0.342 e. The standard InChI is InChI=1S/C18H19NO5/c1-3-23-16-7-5-4-6-14(16)19-17(21)11-24-18(22)13-9-8-12(2)10-15(13)20/h4-10,20H,3,11H2,1-2H3,(H,19,21). The lowest BCUT2D eigenvalue weighted by molar-refractivity contribution is -0.119. The molecular weight excluding hydrogens is 310 g/mol. The van der Waals surface area contributed by atoms with E-state index in [0.29, 0.717) is 18.0 Å². The summed E-state index contributed by atoms with van der Waals surface area (Å²) in [4.78, 5) is 23.9. The van der Waals surface area contributed by atoms with Crippen LogP contribution in [0.25, 0.3) is 0 Å². The van der Waals surface area contributed by atoms with E-state index in [1.807, 2.05) is 6.92 Å². The Balaban J connectivity index is 1.95. The second-order valence-electron chi connectivity index (χ2n) is 5.07. The molecule has 2 rings (SSSR count). The summed E-state index contributed by atoms with van der Waals surface area (Å²) in [6, 6.07) is 11.6. The zero-order valence-electron chi connectivity index (χ0n) is 13.5. The van der Waals surface area contributed by atoms with E-state index in [1.165, 1.54) is 12.1 Å². The number of carbonyl (C=O) groups is 2. The molecule has 2 N–H and O–H groups in total. The molecule has 0 heterocycles. The topological polar surface area (TPSA) is 84.9 Å². The molecule has 0 fully saturated rings. The highest BCUT2D eigenvalue weighted by atomic mass is 16.5. The van der Waals surface area contributed by atoms with Gasteiger partial charge in [0, 0.05) is 0 Å². The molecular formula is C18H19NO5. The van der Waals surface area contributed by atoms with Gasteiger partial charge >= 0.3 is 5.97 Å². The van der Waals surface area contributed by atoms with Gasteiger partial charge in [0.2, 0.25) is 0 Å². The highest BCUT2D eigenvalue weighted by molar-refractivity contribution is 5.97. The van der Waals surface area contributed by atoms with Crippen molar-refractivity contribution in [1.29, 1.82) is 0 Å². The molecule has 0 aliphatic rings. The molecule has 0 unspecified atom stereocenters. The fraction of sp³-hybridized carbons (Fsp3) is 0.222. The second kappa shape index (κ2) is 8.01. The van der Waals surface area contributed by atoms with Gasteiger partial charge in [-0.25, -0.2) is 4.79 Å². The number of hydrogen-bond donors (Lipinski definition) is 2. The normalized spacial score (nSPS) is 10.1. The van der Waals surface area contributed by atoms with Crippen molar-refractivity contribution in [2.75, 3.05) is 18.5 Å². The zero-order chi connectivity index (χ0) is 17.5. The van der Waals surface area contributed by atoms with Crippen LogP contribution in [0.1, 0.15) is 22.8 Å². The van der Waals surface area contributed by atoms with E-state index in [0.717, 1.165) is 5.56 Å². The van der Waals surface area contributed by atoms with E-state index < -0.39 is 18.5 Å².